The maximum absolute atomic E-state index is 12.5. The van der Waals surface area contributed by atoms with Crippen LogP contribution < -0.4 is 10.6 Å². The minimum atomic E-state index is -0.645. The summed E-state index contributed by atoms with van der Waals surface area (Å²) in [5.74, 6) is -0.554. The Morgan fingerprint density at radius 1 is 1.39 bits per heavy atom. The lowest BCUT2D eigenvalue weighted by molar-refractivity contribution is -0.132. The average molecular weight is 440 g/mol. The molecule has 0 bridgehead atoms. The Bertz CT molecular complexity index is 1030. The molecule has 1 aromatic heterocycles. The predicted octanol–water partition coefficient (Wildman–Crippen LogP) is 2.75. The van der Waals surface area contributed by atoms with Crippen molar-refractivity contribution in [2.24, 2.45) is 0 Å². The van der Waals surface area contributed by atoms with Crippen LogP contribution in [0, 0.1) is 11.3 Å². The Morgan fingerprint density at radius 3 is 3.03 bits per heavy atom. The molecule has 1 aromatic carbocycles. The van der Waals surface area contributed by atoms with Gasteiger partial charge in [-0.05, 0) is 56.6 Å². The van der Waals surface area contributed by atoms with Gasteiger partial charge < -0.3 is 20.1 Å². The number of esters is 1. The molecule has 0 aliphatic carbocycles. The van der Waals surface area contributed by atoms with E-state index in [-0.39, 0.29) is 11.9 Å². The van der Waals surface area contributed by atoms with Crippen molar-refractivity contribution in [3.63, 3.8) is 0 Å². The number of hydrogen-bond donors (Lipinski definition) is 2. The zero-order chi connectivity index (χ0) is 22.0. The average Bonchev–Trinajstić information content (AvgIpc) is 3.16. The molecule has 1 unspecified atom stereocenters. The lowest BCUT2D eigenvalue weighted by atomic mass is 9.94. The third kappa shape index (κ3) is 4.64. The number of cyclic esters (lactones) is 1. The van der Waals surface area contributed by atoms with Crippen LogP contribution in [0.1, 0.15) is 41.1 Å². The Labute approximate surface area is 185 Å². The summed E-state index contributed by atoms with van der Waals surface area (Å²) in [6.07, 6.45) is 0.714. The van der Waals surface area contributed by atoms with E-state index in [9.17, 15) is 14.9 Å². The standard InChI is InChI=1S/C23H25N3O4S/c1-23(2)18-10-14(4-6-17(18)22(28)30-23)20-7-5-16(31-20)11-15(12-24)26-21(27)19-13-25-8-3-9-29-19/h4-7,10,15,19,25H,3,8-9,11,13H2,1-2H3,(H,26,27)/t15-,19?/m0/s1. The molecular formula is C23H25N3O4S. The predicted molar refractivity (Wildman–Crippen MR) is 117 cm³/mol. The van der Waals surface area contributed by atoms with Crippen molar-refractivity contribution in [3.05, 3.63) is 46.3 Å². The molecule has 162 valence electrons. The lowest BCUT2D eigenvalue weighted by Gasteiger charge is -2.18. The van der Waals surface area contributed by atoms with Crippen molar-refractivity contribution >= 4 is 23.2 Å². The molecule has 2 N–H and O–H groups in total. The topological polar surface area (TPSA) is 100 Å². The fourth-order valence-corrected chi connectivity index (χ4v) is 4.89. The van der Waals surface area contributed by atoms with E-state index < -0.39 is 17.7 Å². The molecule has 0 saturated carbocycles. The lowest BCUT2D eigenvalue weighted by Crippen LogP contribution is -2.46. The first kappa shape index (κ1) is 21.5. The molecule has 2 aliphatic heterocycles. The minimum Gasteiger partial charge on any atom is -0.451 e. The summed E-state index contributed by atoms with van der Waals surface area (Å²) in [5.41, 5.74) is 1.84. The van der Waals surface area contributed by atoms with Crippen LogP contribution in [0.5, 0.6) is 0 Å². The van der Waals surface area contributed by atoms with Crippen molar-refractivity contribution in [1.82, 2.24) is 10.6 Å². The molecule has 7 nitrogen and oxygen atoms in total. The van der Waals surface area contributed by atoms with Crippen LogP contribution in [0.3, 0.4) is 0 Å². The van der Waals surface area contributed by atoms with Crippen LogP contribution >= 0.6 is 11.3 Å². The second-order valence-electron chi connectivity index (χ2n) is 8.24. The second-order valence-corrected chi connectivity index (χ2v) is 9.41. The van der Waals surface area contributed by atoms with E-state index in [1.807, 2.05) is 38.1 Å². The third-order valence-electron chi connectivity index (χ3n) is 5.50. The van der Waals surface area contributed by atoms with Gasteiger partial charge in [0.1, 0.15) is 17.7 Å². The number of nitrogens with one attached hydrogen (secondary N) is 2. The van der Waals surface area contributed by atoms with Gasteiger partial charge in [-0.1, -0.05) is 6.07 Å². The van der Waals surface area contributed by atoms with E-state index in [0.29, 0.717) is 25.1 Å². The van der Waals surface area contributed by atoms with Crippen LogP contribution in [-0.4, -0.2) is 43.7 Å². The van der Waals surface area contributed by atoms with Gasteiger partial charge in [-0.15, -0.1) is 11.3 Å². The van der Waals surface area contributed by atoms with Gasteiger partial charge in [0.05, 0.1) is 11.6 Å². The number of carbonyl (C=O) groups excluding carboxylic acids is 2. The Kier molecular flexibility index (Phi) is 6.10. The summed E-state index contributed by atoms with van der Waals surface area (Å²) in [4.78, 5) is 26.5. The first-order valence-corrected chi connectivity index (χ1v) is 11.2. The molecule has 0 spiro atoms. The molecule has 0 radical (unpaired) electrons. The molecule has 8 heteroatoms. The summed E-state index contributed by atoms with van der Waals surface area (Å²) in [5, 5.41) is 15.5. The molecule has 1 amide bonds. The zero-order valence-corrected chi connectivity index (χ0v) is 18.4. The van der Waals surface area contributed by atoms with Crippen molar-refractivity contribution in [2.75, 3.05) is 19.7 Å². The van der Waals surface area contributed by atoms with Crippen LogP contribution in [-0.2, 0) is 26.3 Å². The summed E-state index contributed by atoms with van der Waals surface area (Å²) in [7, 11) is 0. The summed E-state index contributed by atoms with van der Waals surface area (Å²) in [6.45, 7) is 5.57. The van der Waals surface area contributed by atoms with Gasteiger partial charge in [0.2, 0.25) is 0 Å². The van der Waals surface area contributed by atoms with Crippen molar-refractivity contribution in [1.29, 1.82) is 5.26 Å². The van der Waals surface area contributed by atoms with Crippen LogP contribution in [0.2, 0.25) is 0 Å². The van der Waals surface area contributed by atoms with Crippen molar-refractivity contribution in [3.8, 4) is 16.5 Å². The zero-order valence-electron chi connectivity index (χ0n) is 17.6. The van der Waals surface area contributed by atoms with E-state index >= 15 is 0 Å². The number of nitriles is 1. The number of amides is 1. The van der Waals surface area contributed by atoms with Gasteiger partial charge in [0.25, 0.3) is 5.91 Å². The molecular weight excluding hydrogens is 414 g/mol. The highest BCUT2D eigenvalue weighted by Crippen LogP contribution is 2.39. The Hall–Kier alpha value is -2.73. The largest absolute Gasteiger partial charge is 0.451 e. The number of rotatable bonds is 5. The van der Waals surface area contributed by atoms with E-state index in [4.69, 9.17) is 9.47 Å². The minimum absolute atomic E-state index is 0.261. The van der Waals surface area contributed by atoms with Gasteiger partial charge in [-0.2, -0.15) is 5.26 Å². The van der Waals surface area contributed by atoms with E-state index in [1.54, 1.807) is 17.4 Å². The summed E-state index contributed by atoms with van der Waals surface area (Å²) >= 11 is 1.57. The molecule has 4 rings (SSSR count). The molecule has 31 heavy (non-hydrogen) atoms. The van der Waals surface area contributed by atoms with Crippen molar-refractivity contribution in [2.45, 2.75) is 44.4 Å². The summed E-state index contributed by atoms with van der Waals surface area (Å²) < 4.78 is 11.0. The number of hydrogen-bond acceptors (Lipinski definition) is 7. The fourth-order valence-electron chi connectivity index (χ4n) is 3.84. The second kappa shape index (κ2) is 8.79. The van der Waals surface area contributed by atoms with Crippen LogP contribution in [0.15, 0.2) is 30.3 Å². The number of benzene rings is 1. The number of fused-ring (bicyclic) bond motifs is 1. The fraction of sp³-hybridized carbons (Fsp3) is 0.435. The number of nitrogens with zero attached hydrogens (tertiary/aromatic N) is 1. The molecule has 2 aromatic rings. The number of carbonyl (C=O) groups is 2. The molecule has 2 aliphatic rings. The van der Waals surface area contributed by atoms with E-state index in [1.165, 1.54) is 0 Å². The molecule has 3 heterocycles. The Morgan fingerprint density at radius 2 is 2.23 bits per heavy atom. The van der Waals surface area contributed by atoms with Gasteiger partial charge in [0.15, 0.2) is 0 Å². The first-order chi connectivity index (χ1) is 14.9. The number of ether oxygens (including phenoxy) is 2. The van der Waals surface area contributed by atoms with Crippen LogP contribution in [0.4, 0.5) is 0 Å². The monoisotopic (exact) mass is 439 g/mol. The van der Waals surface area contributed by atoms with Gasteiger partial charge >= 0.3 is 5.97 Å². The van der Waals surface area contributed by atoms with E-state index in [0.717, 1.165) is 33.8 Å². The van der Waals surface area contributed by atoms with Gasteiger partial charge in [-0.25, -0.2) is 4.79 Å². The highest BCUT2D eigenvalue weighted by Gasteiger charge is 2.37. The highest BCUT2D eigenvalue weighted by molar-refractivity contribution is 7.15. The normalized spacial score (nSPS) is 20.8. The molecule has 1 fully saturated rings. The van der Waals surface area contributed by atoms with Crippen LogP contribution in [0.25, 0.3) is 10.4 Å². The summed E-state index contributed by atoms with van der Waals surface area (Å²) in [6, 6.07) is 11.2. The van der Waals surface area contributed by atoms with Gasteiger partial charge in [0, 0.05) is 34.9 Å². The quantitative estimate of drug-likeness (QED) is 0.695. The smallest absolute Gasteiger partial charge is 0.339 e. The molecule has 1 saturated heterocycles. The maximum atomic E-state index is 12.5. The van der Waals surface area contributed by atoms with Crippen molar-refractivity contribution < 1.29 is 19.1 Å². The first-order valence-electron chi connectivity index (χ1n) is 10.4. The molecule has 2 atom stereocenters. The highest BCUT2D eigenvalue weighted by atomic mass is 32.1. The van der Waals surface area contributed by atoms with Gasteiger partial charge in [-0.3, -0.25) is 4.79 Å². The maximum Gasteiger partial charge on any atom is 0.339 e. The number of thiophene rings is 1. The SMILES string of the molecule is CC1(C)OC(=O)c2ccc(-c3ccc(C[C@@H](C#N)NC(=O)C4CNCCCO4)s3)cc21. The van der Waals surface area contributed by atoms with E-state index in [2.05, 4.69) is 16.7 Å². The Balaban J connectivity index is 1.44. The third-order valence-corrected chi connectivity index (χ3v) is 6.66.